The summed E-state index contributed by atoms with van der Waals surface area (Å²) in [5.74, 6) is -0.410. The number of nitriles is 1. The number of hydrogen-bond donors (Lipinski definition) is 1. The summed E-state index contributed by atoms with van der Waals surface area (Å²) in [5, 5.41) is 11.9. The predicted molar refractivity (Wildman–Crippen MR) is 102 cm³/mol. The lowest BCUT2D eigenvalue weighted by Gasteiger charge is -2.10. The van der Waals surface area contributed by atoms with Gasteiger partial charge in [-0.05, 0) is 41.5 Å². The van der Waals surface area contributed by atoms with Gasteiger partial charge in [0.05, 0.1) is 22.8 Å². The molecule has 0 fully saturated rings. The Morgan fingerprint density at radius 1 is 1.07 bits per heavy atom. The molecule has 1 amide bonds. The fourth-order valence-corrected chi connectivity index (χ4v) is 2.86. The lowest BCUT2D eigenvalue weighted by atomic mass is 10.0. The van der Waals surface area contributed by atoms with Crippen LogP contribution in [0.4, 0.5) is 13.2 Å². The van der Waals surface area contributed by atoms with Crippen LogP contribution in [-0.2, 0) is 12.7 Å². The summed E-state index contributed by atoms with van der Waals surface area (Å²) >= 11 is 6.09. The molecule has 0 saturated carbocycles. The van der Waals surface area contributed by atoms with E-state index in [2.05, 4.69) is 10.3 Å². The summed E-state index contributed by atoms with van der Waals surface area (Å²) in [6.07, 6.45) is -1.58. The van der Waals surface area contributed by atoms with Crippen molar-refractivity contribution >= 4 is 17.5 Å². The zero-order valence-corrected chi connectivity index (χ0v) is 15.6. The summed E-state index contributed by atoms with van der Waals surface area (Å²) in [5.41, 5.74) is 1.59. The Balaban J connectivity index is 1.73. The van der Waals surface area contributed by atoms with Crippen molar-refractivity contribution in [3.05, 3.63) is 88.2 Å². The van der Waals surface area contributed by atoms with Crippen LogP contribution in [0.3, 0.4) is 0 Å². The Labute approximate surface area is 169 Å². The zero-order chi connectivity index (χ0) is 21.0. The van der Waals surface area contributed by atoms with Crippen LogP contribution >= 0.6 is 11.6 Å². The molecule has 1 heterocycles. The van der Waals surface area contributed by atoms with Crippen molar-refractivity contribution in [2.75, 3.05) is 0 Å². The van der Waals surface area contributed by atoms with E-state index in [1.807, 2.05) is 6.07 Å². The van der Waals surface area contributed by atoms with Crippen molar-refractivity contribution in [3.63, 3.8) is 0 Å². The summed E-state index contributed by atoms with van der Waals surface area (Å²) in [4.78, 5) is 16.4. The fourth-order valence-electron chi connectivity index (χ4n) is 2.61. The summed E-state index contributed by atoms with van der Waals surface area (Å²) < 4.78 is 38.1. The molecule has 3 rings (SSSR count). The molecule has 0 aliphatic rings. The number of pyridine rings is 1. The van der Waals surface area contributed by atoms with E-state index >= 15 is 0 Å². The highest BCUT2D eigenvalue weighted by Gasteiger charge is 2.30. The summed E-state index contributed by atoms with van der Waals surface area (Å²) in [6, 6.07) is 12.9. The first kappa shape index (κ1) is 20.4. The van der Waals surface area contributed by atoms with E-state index in [0.29, 0.717) is 27.3 Å². The molecule has 0 spiro atoms. The number of halogens is 4. The van der Waals surface area contributed by atoms with E-state index in [1.165, 1.54) is 30.6 Å². The average Bonchev–Trinajstić information content (AvgIpc) is 2.72. The molecule has 0 aliphatic carbocycles. The molecule has 0 atom stereocenters. The van der Waals surface area contributed by atoms with Crippen LogP contribution in [0.15, 0.2) is 60.9 Å². The minimum Gasteiger partial charge on any atom is -0.348 e. The van der Waals surface area contributed by atoms with Crippen molar-refractivity contribution in [1.29, 1.82) is 5.26 Å². The monoisotopic (exact) mass is 415 g/mol. The first-order valence-electron chi connectivity index (χ1n) is 8.37. The van der Waals surface area contributed by atoms with Gasteiger partial charge in [-0.15, -0.1) is 0 Å². The standard InChI is InChI=1S/C21H13ClF3N3O/c22-19-7-13(9-26)1-2-15(19)12-28-20(29)17-8-16(10-27-11-17)14-3-5-18(6-4-14)21(23,24)25/h1-8,10-11H,12H2,(H,28,29). The zero-order valence-electron chi connectivity index (χ0n) is 14.8. The largest absolute Gasteiger partial charge is 0.416 e. The lowest BCUT2D eigenvalue weighted by Crippen LogP contribution is -2.23. The van der Waals surface area contributed by atoms with Crippen molar-refractivity contribution in [2.24, 2.45) is 0 Å². The molecule has 0 unspecified atom stereocenters. The minimum atomic E-state index is -4.41. The van der Waals surface area contributed by atoms with E-state index in [4.69, 9.17) is 16.9 Å². The van der Waals surface area contributed by atoms with Gasteiger partial charge in [0.2, 0.25) is 0 Å². The van der Waals surface area contributed by atoms with Crippen LogP contribution in [0.2, 0.25) is 5.02 Å². The number of carbonyl (C=O) groups excluding carboxylic acids is 1. The van der Waals surface area contributed by atoms with Crippen LogP contribution in [0.5, 0.6) is 0 Å². The second kappa shape index (κ2) is 8.33. The quantitative estimate of drug-likeness (QED) is 0.635. The van der Waals surface area contributed by atoms with E-state index in [9.17, 15) is 18.0 Å². The maximum Gasteiger partial charge on any atom is 0.416 e. The van der Waals surface area contributed by atoms with E-state index in [0.717, 1.165) is 12.1 Å². The number of rotatable bonds is 4. The molecule has 2 aromatic carbocycles. The van der Waals surface area contributed by atoms with Crippen molar-refractivity contribution in [2.45, 2.75) is 12.7 Å². The van der Waals surface area contributed by atoms with Crippen LogP contribution in [0, 0.1) is 11.3 Å². The van der Waals surface area contributed by atoms with Gasteiger partial charge in [-0.3, -0.25) is 9.78 Å². The SMILES string of the molecule is N#Cc1ccc(CNC(=O)c2cncc(-c3ccc(C(F)(F)F)cc3)c2)c(Cl)c1. The summed E-state index contributed by atoms with van der Waals surface area (Å²) in [6.45, 7) is 0.147. The third-order valence-corrected chi connectivity index (χ3v) is 4.52. The predicted octanol–water partition coefficient (Wildman–Crippen LogP) is 5.22. The molecule has 0 radical (unpaired) electrons. The van der Waals surface area contributed by atoms with Gasteiger partial charge in [-0.1, -0.05) is 29.8 Å². The maximum atomic E-state index is 12.7. The van der Waals surface area contributed by atoms with E-state index < -0.39 is 17.6 Å². The smallest absolute Gasteiger partial charge is 0.348 e. The topological polar surface area (TPSA) is 65.8 Å². The molecule has 8 heteroatoms. The molecule has 146 valence electrons. The first-order valence-corrected chi connectivity index (χ1v) is 8.75. The van der Waals surface area contributed by atoms with Gasteiger partial charge in [0.15, 0.2) is 0 Å². The normalized spacial score (nSPS) is 11.0. The Kier molecular flexibility index (Phi) is 5.85. The molecule has 1 N–H and O–H groups in total. The van der Waals surface area contributed by atoms with Crippen LogP contribution in [0.25, 0.3) is 11.1 Å². The second-order valence-electron chi connectivity index (χ2n) is 6.14. The van der Waals surface area contributed by atoms with Gasteiger partial charge < -0.3 is 5.32 Å². The summed E-state index contributed by atoms with van der Waals surface area (Å²) in [7, 11) is 0. The van der Waals surface area contributed by atoms with Crippen LogP contribution in [-0.4, -0.2) is 10.9 Å². The Morgan fingerprint density at radius 2 is 1.79 bits per heavy atom. The highest BCUT2D eigenvalue weighted by molar-refractivity contribution is 6.31. The van der Waals surface area contributed by atoms with Gasteiger partial charge >= 0.3 is 6.18 Å². The number of nitrogens with zero attached hydrogens (tertiary/aromatic N) is 2. The first-order chi connectivity index (χ1) is 13.8. The minimum absolute atomic E-state index is 0.147. The average molecular weight is 416 g/mol. The fraction of sp³-hybridized carbons (Fsp3) is 0.0952. The van der Waals surface area contributed by atoms with Gasteiger partial charge in [-0.25, -0.2) is 0 Å². The third-order valence-electron chi connectivity index (χ3n) is 4.17. The number of carbonyl (C=O) groups is 1. The van der Waals surface area contributed by atoms with Gasteiger partial charge in [0.1, 0.15) is 0 Å². The van der Waals surface area contributed by atoms with Crippen LogP contribution < -0.4 is 5.32 Å². The van der Waals surface area contributed by atoms with Gasteiger partial charge in [0.25, 0.3) is 5.91 Å². The number of hydrogen-bond acceptors (Lipinski definition) is 3. The molecule has 29 heavy (non-hydrogen) atoms. The highest BCUT2D eigenvalue weighted by Crippen LogP contribution is 2.31. The molecule has 0 bridgehead atoms. The van der Waals surface area contributed by atoms with E-state index in [1.54, 1.807) is 18.2 Å². The second-order valence-corrected chi connectivity index (χ2v) is 6.55. The number of benzene rings is 2. The molecule has 3 aromatic rings. The third kappa shape index (κ3) is 4.92. The molecular weight excluding hydrogens is 403 g/mol. The Morgan fingerprint density at radius 3 is 2.41 bits per heavy atom. The number of aromatic nitrogens is 1. The highest BCUT2D eigenvalue weighted by atomic mass is 35.5. The van der Waals surface area contributed by atoms with Crippen LogP contribution in [0.1, 0.15) is 27.0 Å². The van der Waals surface area contributed by atoms with Gasteiger partial charge in [0, 0.05) is 29.5 Å². The number of amides is 1. The van der Waals surface area contributed by atoms with Crippen molar-refractivity contribution in [1.82, 2.24) is 10.3 Å². The van der Waals surface area contributed by atoms with Crippen molar-refractivity contribution in [3.8, 4) is 17.2 Å². The molecular formula is C21H13ClF3N3O. The van der Waals surface area contributed by atoms with Crippen molar-refractivity contribution < 1.29 is 18.0 Å². The number of alkyl halides is 3. The Bertz CT molecular complexity index is 1090. The lowest BCUT2D eigenvalue weighted by molar-refractivity contribution is -0.137. The van der Waals surface area contributed by atoms with Gasteiger partial charge in [-0.2, -0.15) is 18.4 Å². The van der Waals surface area contributed by atoms with E-state index in [-0.39, 0.29) is 12.1 Å². The Hall–Kier alpha value is -3.37. The molecule has 0 saturated heterocycles. The maximum absolute atomic E-state index is 12.7. The molecule has 1 aromatic heterocycles. The molecule has 0 aliphatic heterocycles. The number of nitrogens with one attached hydrogen (secondary N) is 1. The molecule has 4 nitrogen and oxygen atoms in total.